The molecule has 30 heavy (non-hydrogen) atoms. The number of carbonyl (C=O) groups is 1. The molecule has 0 saturated heterocycles. The van der Waals surface area contributed by atoms with E-state index in [1.807, 2.05) is 65.2 Å². The summed E-state index contributed by atoms with van der Waals surface area (Å²) in [6.07, 6.45) is 0. The van der Waals surface area contributed by atoms with Crippen LogP contribution in [0.4, 0.5) is 14.5 Å². The number of amides is 1. The van der Waals surface area contributed by atoms with Gasteiger partial charge in [-0.15, -0.1) is 10.2 Å². The Bertz CT molecular complexity index is 1170. The lowest BCUT2D eigenvalue weighted by atomic mass is 10.2. The molecule has 1 amide bonds. The molecule has 0 fully saturated rings. The van der Waals surface area contributed by atoms with E-state index in [0.29, 0.717) is 11.0 Å². The van der Waals surface area contributed by atoms with E-state index in [1.165, 1.54) is 17.8 Å². The van der Waals surface area contributed by atoms with Crippen LogP contribution >= 0.6 is 11.8 Å². The number of hydrogen-bond donors (Lipinski definition) is 1. The molecule has 4 rings (SSSR count). The van der Waals surface area contributed by atoms with E-state index in [0.717, 1.165) is 23.4 Å². The fourth-order valence-electron chi connectivity index (χ4n) is 2.85. The number of hydrogen-bond acceptors (Lipinski definition) is 4. The average Bonchev–Trinajstić information content (AvgIpc) is 3.20. The van der Waals surface area contributed by atoms with Gasteiger partial charge in [0.1, 0.15) is 0 Å². The van der Waals surface area contributed by atoms with E-state index in [-0.39, 0.29) is 17.3 Å². The highest BCUT2D eigenvalue weighted by atomic mass is 32.2. The number of carbonyl (C=O) groups excluding carboxylic acids is 1. The number of aromatic nitrogens is 3. The summed E-state index contributed by atoms with van der Waals surface area (Å²) in [6.45, 7) is 0. The fraction of sp³-hybridized carbons (Fsp3) is 0.0455. The largest absolute Gasteiger partial charge is 0.325 e. The van der Waals surface area contributed by atoms with Crippen LogP contribution in [0.25, 0.3) is 17.1 Å². The summed E-state index contributed by atoms with van der Waals surface area (Å²) in [6, 6.07) is 22.5. The number of rotatable bonds is 6. The van der Waals surface area contributed by atoms with Gasteiger partial charge in [-0.1, -0.05) is 60.3 Å². The second-order valence-corrected chi connectivity index (χ2v) is 7.25. The van der Waals surface area contributed by atoms with E-state index >= 15 is 0 Å². The average molecular weight is 422 g/mol. The van der Waals surface area contributed by atoms with Gasteiger partial charge in [-0.3, -0.25) is 9.36 Å². The van der Waals surface area contributed by atoms with Crippen molar-refractivity contribution in [3.05, 3.63) is 90.5 Å². The molecule has 5 nitrogen and oxygen atoms in total. The molecule has 1 N–H and O–H groups in total. The van der Waals surface area contributed by atoms with E-state index in [2.05, 4.69) is 15.5 Å². The standard InChI is InChI=1S/C22H16F2N4OS/c23-18-12-11-16(13-19(18)24)25-20(29)14-30-22-27-26-21(15-7-3-1-4-8-15)28(22)17-9-5-2-6-10-17/h1-13H,14H2,(H,25,29). The van der Waals surface area contributed by atoms with Gasteiger partial charge in [0, 0.05) is 23.0 Å². The van der Waals surface area contributed by atoms with Crippen molar-refractivity contribution in [3.63, 3.8) is 0 Å². The third kappa shape index (κ3) is 4.38. The molecule has 0 aliphatic heterocycles. The lowest BCUT2D eigenvalue weighted by Crippen LogP contribution is -2.14. The zero-order valence-corrected chi connectivity index (χ0v) is 16.4. The molecule has 4 aromatic rings. The van der Waals surface area contributed by atoms with Crippen LogP contribution in [0.1, 0.15) is 0 Å². The minimum atomic E-state index is -1.02. The first-order valence-corrected chi connectivity index (χ1v) is 10.0. The molecule has 0 aliphatic carbocycles. The zero-order chi connectivity index (χ0) is 20.9. The van der Waals surface area contributed by atoms with Gasteiger partial charge in [-0.05, 0) is 24.3 Å². The highest BCUT2D eigenvalue weighted by Crippen LogP contribution is 2.28. The van der Waals surface area contributed by atoms with Gasteiger partial charge in [0.25, 0.3) is 0 Å². The van der Waals surface area contributed by atoms with Crippen molar-refractivity contribution >= 4 is 23.4 Å². The van der Waals surface area contributed by atoms with Crippen molar-refractivity contribution in [2.75, 3.05) is 11.1 Å². The molecule has 0 spiro atoms. The van der Waals surface area contributed by atoms with Crippen molar-refractivity contribution in [2.45, 2.75) is 5.16 Å². The summed E-state index contributed by atoms with van der Waals surface area (Å²) in [7, 11) is 0. The van der Waals surface area contributed by atoms with Crippen LogP contribution in [0, 0.1) is 11.6 Å². The topological polar surface area (TPSA) is 59.8 Å². The van der Waals surface area contributed by atoms with E-state index in [4.69, 9.17) is 0 Å². The van der Waals surface area contributed by atoms with Gasteiger partial charge in [-0.2, -0.15) is 0 Å². The summed E-state index contributed by atoms with van der Waals surface area (Å²) >= 11 is 1.20. The van der Waals surface area contributed by atoms with Crippen LogP contribution in [0.15, 0.2) is 84.0 Å². The normalized spacial score (nSPS) is 10.7. The molecular formula is C22H16F2N4OS. The number of nitrogens with zero attached hydrogens (tertiary/aromatic N) is 3. The maximum atomic E-state index is 13.3. The summed E-state index contributed by atoms with van der Waals surface area (Å²) < 4.78 is 28.3. The third-order valence-corrected chi connectivity index (χ3v) is 5.14. The van der Waals surface area contributed by atoms with Crippen molar-refractivity contribution in [3.8, 4) is 17.1 Å². The predicted molar refractivity (Wildman–Crippen MR) is 113 cm³/mol. The van der Waals surface area contributed by atoms with E-state index in [9.17, 15) is 13.6 Å². The van der Waals surface area contributed by atoms with Crippen LogP contribution in [0.5, 0.6) is 0 Å². The van der Waals surface area contributed by atoms with Gasteiger partial charge in [0.05, 0.1) is 5.75 Å². The van der Waals surface area contributed by atoms with Gasteiger partial charge < -0.3 is 5.32 Å². The molecule has 0 radical (unpaired) electrons. The maximum Gasteiger partial charge on any atom is 0.234 e. The minimum Gasteiger partial charge on any atom is -0.325 e. The molecule has 0 atom stereocenters. The highest BCUT2D eigenvalue weighted by Gasteiger charge is 2.17. The third-order valence-electron chi connectivity index (χ3n) is 4.22. The second-order valence-electron chi connectivity index (χ2n) is 6.31. The number of thioether (sulfide) groups is 1. The molecule has 1 heterocycles. The quantitative estimate of drug-likeness (QED) is 0.447. The molecule has 0 unspecified atom stereocenters. The smallest absolute Gasteiger partial charge is 0.234 e. The van der Waals surface area contributed by atoms with Crippen LogP contribution in [0.3, 0.4) is 0 Å². The molecule has 0 saturated carbocycles. The monoisotopic (exact) mass is 422 g/mol. The van der Waals surface area contributed by atoms with Gasteiger partial charge >= 0.3 is 0 Å². The number of para-hydroxylation sites is 1. The van der Waals surface area contributed by atoms with Crippen LogP contribution < -0.4 is 5.32 Å². The zero-order valence-electron chi connectivity index (χ0n) is 15.6. The first-order valence-electron chi connectivity index (χ1n) is 9.06. The van der Waals surface area contributed by atoms with Crippen LogP contribution in [-0.4, -0.2) is 26.4 Å². The lowest BCUT2D eigenvalue weighted by Gasteiger charge is -2.10. The van der Waals surface area contributed by atoms with Crippen LogP contribution in [-0.2, 0) is 4.79 Å². The van der Waals surface area contributed by atoms with Crippen molar-refractivity contribution < 1.29 is 13.6 Å². The Labute approximate surface area is 175 Å². The second kappa shape index (κ2) is 8.87. The number of anilines is 1. The lowest BCUT2D eigenvalue weighted by molar-refractivity contribution is -0.113. The molecule has 1 aromatic heterocycles. The SMILES string of the molecule is O=C(CSc1nnc(-c2ccccc2)n1-c1ccccc1)Nc1ccc(F)c(F)c1. The Morgan fingerprint density at radius 3 is 2.30 bits per heavy atom. The minimum absolute atomic E-state index is 0.0265. The Balaban J connectivity index is 1.56. The van der Waals surface area contributed by atoms with Crippen molar-refractivity contribution in [2.24, 2.45) is 0 Å². The molecule has 150 valence electrons. The number of nitrogens with one attached hydrogen (secondary N) is 1. The van der Waals surface area contributed by atoms with Crippen LogP contribution in [0.2, 0.25) is 0 Å². The van der Waals surface area contributed by atoms with E-state index in [1.54, 1.807) is 0 Å². The van der Waals surface area contributed by atoms with Crippen molar-refractivity contribution in [1.29, 1.82) is 0 Å². The molecule has 0 aliphatic rings. The summed E-state index contributed by atoms with van der Waals surface area (Å²) in [4.78, 5) is 12.3. The molecule has 0 bridgehead atoms. The summed E-state index contributed by atoms with van der Waals surface area (Å²) in [5, 5.41) is 11.7. The first-order chi connectivity index (χ1) is 14.6. The van der Waals surface area contributed by atoms with E-state index < -0.39 is 11.6 Å². The van der Waals surface area contributed by atoms with Gasteiger partial charge in [0.15, 0.2) is 22.6 Å². The maximum absolute atomic E-state index is 13.3. The number of halogens is 2. The molecule has 3 aromatic carbocycles. The summed E-state index contributed by atoms with van der Waals surface area (Å²) in [5.41, 5.74) is 1.95. The first kappa shape index (κ1) is 19.8. The highest BCUT2D eigenvalue weighted by molar-refractivity contribution is 7.99. The van der Waals surface area contributed by atoms with Gasteiger partial charge in [0.2, 0.25) is 5.91 Å². The molecular weight excluding hydrogens is 406 g/mol. The molecule has 8 heteroatoms. The Hall–Kier alpha value is -3.52. The van der Waals surface area contributed by atoms with Crippen molar-refractivity contribution in [1.82, 2.24) is 14.8 Å². The Kier molecular flexibility index (Phi) is 5.85. The summed E-state index contributed by atoms with van der Waals surface area (Å²) in [5.74, 6) is -1.66. The Morgan fingerprint density at radius 2 is 1.60 bits per heavy atom. The fourth-order valence-corrected chi connectivity index (χ4v) is 3.60. The predicted octanol–water partition coefficient (Wildman–Crippen LogP) is 4.94. The Morgan fingerprint density at radius 1 is 0.900 bits per heavy atom. The van der Waals surface area contributed by atoms with Gasteiger partial charge in [-0.25, -0.2) is 8.78 Å². The number of benzene rings is 3.